The molecule has 24 heavy (non-hydrogen) atoms. The Hall–Kier alpha value is -1.73. The molecule has 2 fully saturated rings. The standard InChI is InChI=1S/C17H22F2N2O3/c1-12-9-21(10-17(24-12)5-7-23-11-17)16(22)20-6-4-13-2-3-14(18)15(19)8-13/h2-3,8,12H,4-7,9-11H2,1H3,(H,20,22)/t12-,17-/m0/s1. The Morgan fingerprint density at radius 2 is 2.25 bits per heavy atom. The molecule has 2 aliphatic rings. The lowest BCUT2D eigenvalue weighted by Gasteiger charge is -2.42. The number of carbonyl (C=O) groups excluding carboxylic acids is 1. The minimum absolute atomic E-state index is 0.0441. The van der Waals surface area contributed by atoms with Crippen LogP contribution in [0.3, 0.4) is 0 Å². The second-order valence-corrected chi connectivity index (χ2v) is 6.52. The summed E-state index contributed by atoms with van der Waals surface area (Å²) in [6, 6.07) is 3.61. The molecule has 1 spiro atoms. The molecule has 3 rings (SSSR count). The smallest absolute Gasteiger partial charge is 0.317 e. The minimum atomic E-state index is -0.871. The predicted octanol–water partition coefficient (Wildman–Crippen LogP) is 2.10. The van der Waals surface area contributed by atoms with E-state index in [9.17, 15) is 13.6 Å². The van der Waals surface area contributed by atoms with Crippen molar-refractivity contribution in [3.63, 3.8) is 0 Å². The zero-order valence-electron chi connectivity index (χ0n) is 13.7. The largest absolute Gasteiger partial charge is 0.378 e. The van der Waals surface area contributed by atoms with Crippen molar-refractivity contribution in [3.8, 4) is 0 Å². The van der Waals surface area contributed by atoms with Crippen LogP contribution in [0.4, 0.5) is 13.6 Å². The first kappa shape index (κ1) is 17.1. The van der Waals surface area contributed by atoms with E-state index < -0.39 is 17.2 Å². The predicted molar refractivity (Wildman–Crippen MR) is 83.7 cm³/mol. The van der Waals surface area contributed by atoms with Gasteiger partial charge in [-0.2, -0.15) is 0 Å². The maximum absolute atomic E-state index is 13.2. The van der Waals surface area contributed by atoms with Gasteiger partial charge in [-0.3, -0.25) is 0 Å². The fourth-order valence-corrected chi connectivity index (χ4v) is 3.31. The van der Waals surface area contributed by atoms with Gasteiger partial charge in [-0.1, -0.05) is 6.07 Å². The van der Waals surface area contributed by atoms with Crippen LogP contribution >= 0.6 is 0 Å². The van der Waals surface area contributed by atoms with Crippen LogP contribution in [0, 0.1) is 11.6 Å². The second-order valence-electron chi connectivity index (χ2n) is 6.52. The first-order valence-corrected chi connectivity index (χ1v) is 8.20. The molecule has 7 heteroatoms. The summed E-state index contributed by atoms with van der Waals surface area (Å²) >= 11 is 0. The van der Waals surface area contributed by atoms with Gasteiger partial charge in [-0.05, 0) is 31.0 Å². The summed E-state index contributed by atoms with van der Waals surface area (Å²) < 4.78 is 37.5. The maximum Gasteiger partial charge on any atom is 0.317 e. The summed E-state index contributed by atoms with van der Waals surface area (Å²) in [5.41, 5.74) is 0.250. The van der Waals surface area contributed by atoms with Gasteiger partial charge in [0, 0.05) is 26.1 Å². The highest BCUT2D eigenvalue weighted by atomic mass is 19.2. The van der Waals surface area contributed by atoms with E-state index in [4.69, 9.17) is 9.47 Å². The van der Waals surface area contributed by atoms with Gasteiger partial charge in [0.25, 0.3) is 0 Å². The van der Waals surface area contributed by atoms with Crippen LogP contribution < -0.4 is 5.32 Å². The summed E-state index contributed by atoms with van der Waals surface area (Å²) in [6.07, 6.45) is 1.19. The number of hydrogen-bond acceptors (Lipinski definition) is 3. The van der Waals surface area contributed by atoms with Crippen LogP contribution in [-0.4, -0.2) is 55.5 Å². The highest BCUT2D eigenvalue weighted by Gasteiger charge is 2.43. The number of nitrogens with zero attached hydrogens (tertiary/aromatic N) is 1. The Kier molecular flexibility index (Phi) is 5.01. The molecule has 0 unspecified atom stereocenters. The Bertz CT molecular complexity index is 605. The molecule has 1 aromatic carbocycles. The quantitative estimate of drug-likeness (QED) is 0.917. The van der Waals surface area contributed by atoms with Crippen molar-refractivity contribution in [1.82, 2.24) is 10.2 Å². The topological polar surface area (TPSA) is 50.8 Å². The molecule has 1 aromatic rings. The molecular weight excluding hydrogens is 318 g/mol. The number of halogens is 2. The Labute approximate surface area is 139 Å². The van der Waals surface area contributed by atoms with Gasteiger partial charge in [0.15, 0.2) is 11.6 Å². The van der Waals surface area contributed by atoms with Gasteiger partial charge in [0.2, 0.25) is 0 Å². The average Bonchev–Trinajstić information content (AvgIpc) is 2.97. The molecule has 2 amide bonds. The van der Waals surface area contributed by atoms with E-state index in [0.717, 1.165) is 18.6 Å². The molecule has 0 radical (unpaired) electrons. The molecule has 0 aromatic heterocycles. The van der Waals surface area contributed by atoms with Gasteiger partial charge >= 0.3 is 6.03 Å². The fraction of sp³-hybridized carbons (Fsp3) is 0.588. The zero-order valence-corrected chi connectivity index (χ0v) is 13.7. The molecule has 0 bridgehead atoms. The lowest BCUT2D eigenvalue weighted by molar-refractivity contribution is -0.137. The molecule has 2 saturated heterocycles. The van der Waals surface area contributed by atoms with E-state index in [1.165, 1.54) is 6.07 Å². The lowest BCUT2D eigenvalue weighted by atomic mass is 9.99. The van der Waals surface area contributed by atoms with E-state index in [2.05, 4.69) is 5.32 Å². The first-order chi connectivity index (χ1) is 11.5. The summed E-state index contributed by atoms with van der Waals surface area (Å²) in [6.45, 7) is 4.50. The highest BCUT2D eigenvalue weighted by Crippen LogP contribution is 2.29. The number of hydrogen-bond donors (Lipinski definition) is 1. The fourth-order valence-electron chi connectivity index (χ4n) is 3.31. The third kappa shape index (κ3) is 3.84. The summed E-state index contributed by atoms with van der Waals surface area (Å²) in [4.78, 5) is 14.1. The molecule has 0 aliphatic carbocycles. The zero-order chi connectivity index (χ0) is 17.2. The average molecular weight is 340 g/mol. The van der Waals surface area contributed by atoms with Gasteiger partial charge in [-0.25, -0.2) is 13.6 Å². The van der Waals surface area contributed by atoms with Crippen LogP contribution in [0.15, 0.2) is 18.2 Å². The van der Waals surface area contributed by atoms with Crippen molar-refractivity contribution in [2.75, 3.05) is 32.8 Å². The third-order valence-corrected chi connectivity index (χ3v) is 4.44. The van der Waals surface area contributed by atoms with Crippen LogP contribution in [0.5, 0.6) is 0 Å². The van der Waals surface area contributed by atoms with Gasteiger partial charge in [0.05, 0.1) is 19.3 Å². The maximum atomic E-state index is 13.2. The van der Waals surface area contributed by atoms with E-state index >= 15 is 0 Å². The first-order valence-electron chi connectivity index (χ1n) is 8.20. The molecule has 2 atom stereocenters. The van der Waals surface area contributed by atoms with Crippen molar-refractivity contribution < 1.29 is 23.0 Å². The number of rotatable bonds is 3. The molecule has 132 valence electrons. The SMILES string of the molecule is C[C@H]1CN(C(=O)NCCc2ccc(F)c(F)c2)C[C@]2(CCOC2)O1. The van der Waals surface area contributed by atoms with Gasteiger partial charge in [0.1, 0.15) is 5.60 Å². The summed E-state index contributed by atoms with van der Waals surface area (Å²) in [5.74, 6) is -1.74. The van der Waals surface area contributed by atoms with Crippen LogP contribution in [0.1, 0.15) is 18.9 Å². The van der Waals surface area contributed by atoms with E-state index in [1.807, 2.05) is 6.92 Å². The normalized spacial score (nSPS) is 26.8. The highest BCUT2D eigenvalue weighted by molar-refractivity contribution is 5.74. The van der Waals surface area contributed by atoms with Crippen LogP contribution in [-0.2, 0) is 15.9 Å². The van der Waals surface area contributed by atoms with Crippen LogP contribution in [0.25, 0.3) is 0 Å². The Morgan fingerprint density at radius 3 is 2.96 bits per heavy atom. The summed E-state index contributed by atoms with van der Waals surface area (Å²) in [5, 5.41) is 2.84. The van der Waals surface area contributed by atoms with Crippen molar-refractivity contribution in [2.24, 2.45) is 0 Å². The number of benzene rings is 1. The van der Waals surface area contributed by atoms with Crippen molar-refractivity contribution in [3.05, 3.63) is 35.4 Å². The number of carbonyl (C=O) groups is 1. The molecule has 2 heterocycles. The third-order valence-electron chi connectivity index (χ3n) is 4.44. The van der Waals surface area contributed by atoms with Gasteiger partial charge in [-0.15, -0.1) is 0 Å². The van der Waals surface area contributed by atoms with E-state index in [1.54, 1.807) is 4.90 Å². The molecule has 0 saturated carbocycles. The van der Waals surface area contributed by atoms with Crippen molar-refractivity contribution >= 4 is 6.03 Å². The second kappa shape index (κ2) is 7.03. The molecule has 1 N–H and O–H groups in total. The monoisotopic (exact) mass is 340 g/mol. The molecular formula is C17H22F2N2O3. The molecule has 2 aliphatic heterocycles. The number of nitrogens with one attached hydrogen (secondary N) is 1. The minimum Gasteiger partial charge on any atom is -0.378 e. The number of urea groups is 1. The lowest BCUT2D eigenvalue weighted by Crippen LogP contribution is -2.59. The van der Waals surface area contributed by atoms with E-state index in [-0.39, 0.29) is 12.1 Å². The Balaban J connectivity index is 1.51. The van der Waals surface area contributed by atoms with E-state index in [0.29, 0.717) is 44.8 Å². The van der Waals surface area contributed by atoms with Gasteiger partial charge < -0.3 is 19.7 Å². The Morgan fingerprint density at radius 1 is 1.42 bits per heavy atom. The summed E-state index contributed by atoms with van der Waals surface area (Å²) in [7, 11) is 0. The van der Waals surface area contributed by atoms with Crippen molar-refractivity contribution in [1.29, 1.82) is 0 Å². The van der Waals surface area contributed by atoms with Crippen LogP contribution in [0.2, 0.25) is 0 Å². The number of morpholine rings is 1. The van der Waals surface area contributed by atoms with Crippen molar-refractivity contribution in [2.45, 2.75) is 31.5 Å². The molecule has 5 nitrogen and oxygen atoms in total. The number of ether oxygens (including phenoxy) is 2. The number of amides is 2.